The van der Waals surface area contributed by atoms with Crippen LogP contribution in [0.4, 0.5) is 0 Å². The van der Waals surface area contributed by atoms with E-state index in [9.17, 15) is 4.79 Å². The molecule has 14 heavy (non-hydrogen) atoms. The van der Waals surface area contributed by atoms with Crippen LogP contribution in [0.5, 0.6) is 0 Å². The minimum Gasteiger partial charge on any atom is -0.329 e. The van der Waals surface area contributed by atoms with Crippen molar-refractivity contribution in [1.29, 1.82) is 0 Å². The first kappa shape index (κ1) is 10.7. The molecule has 0 aliphatic heterocycles. The van der Waals surface area contributed by atoms with E-state index in [1.807, 2.05) is 0 Å². The molecule has 0 aliphatic carbocycles. The molecular weight excluding hydrogens is 176 g/mol. The van der Waals surface area contributed by atoms with E-state index in [1.165, 1.54) is 0 Å². The van der Waals surface area contributed by atoms with Gasteiger partial charge in [0.25, 0.3) is 5.56 Å². The quantitative estimate of drug-likeness (QED) is 0.728. The number of hydrogen-bond donors (Lipinski definition) is 1. The number of hydrogen-bond acceptors (Lipinski definition) is 2. The topological polar surface area (TPSA) is 45.2 Å². The van der Waals surface area contributed by atoms with Crippen LogP contribution in [0, 0.1) is 0 Å². The number of nitrogens with one attached hydrogen (secondary N) is 1. The van der Waals surface area contributed by atoms with Crippen molar-refractivity contribution in [3.05, 3.63) is 34.2 Å². The first-order valence-electron chi connectivity index (χ1n) is 4.95. The maximum Gasteiger partial charge on any atom is 0.256 e. The van der Waals surface area contributed by atoms with Gasteiger partial charge in [-0.3, -0.25) is 9.79 Å². The maximum absolute atomic E-state index is 11.2. The maximum atomic E-state index is 11.2. The van der Waals surface area contributed by atoms with E-state index in [1.54, 1.807) is 24.5 Å². The minimum absolute atomic E-state index is 0.0834. The Balaban J connectivity index is 2.69. The second-order valence-corrected chi connectivity index (χ2v) is 3.37. The van der Waals surface area contributed by atoms with Crippen molar-refractivity contribution < 1.29 is 0 Å². The Bertz CT molecular complexity index is 354. The van der Waals surface area contributed by atoms with E-state index in [4.69, 9.17) is 0 Å². The van der Waals surface area contributed by atoms with Crippen LogP contribution in [0.3, 0.4) is 0 Å². The van der Waals surface area contributed by atoms with E-state index in [0.29, 0.717) is 11.6 Å². The largest absolute Gasteiger partial charge is 0.329 e. The van der Waals surface area contributed by atoms with Gasteiger partial charge in [-0.05, 0) is 25.5 Å². The summed E-state index contributed by atoms with van der Waals surface area (Å²) in [4.78, 5) is 18.2. The van der Waals surface area contributed by atoms with E-state index >= 15 is 0 Å². The van der Waals surface area contributed by atoms with Crippen LogP contribution in [0.2, 0.25) is 0 Å². The lowest BCUT2D eigenvalue weighted by Crippen LogP contribution is -2.11. The molecule has 0 bridgehead atoms. The number of aromatic nitrogens is 1. The van der Waals surface area contributed by atoms with Crippen LogP contribution in [0.15, 0.2) is 28.1 Å². The molecule has 0 amide bonds. The van der Waals surface area contributed by atoms with Crippen molar-refractivity contribution in [2.75, 3.05) is 0 Å². The van der Waals surface area contributed by atoms with Gasteiger partial charge in [0, 0.05) is 18.5 Å². The smallest absolute Gasteiger partial charge is 0.256 e. The lowest BCUT2D eigenvalue weighted by atomic mass is 10.2. The summed E-state index contributed by atoms with van der Waals surface area (Å²) < 4.78 is 0. The molecule has 0 fully saturated rings. The first-order chi connectivity index (χ1) is 6.74. The van der Waals surface area contributed by atoms with E-state index in [0.717, 1.165) is 12.8 Å². The Morgan fingerprint density at radius 1 is 1.64 bits per heavy atom. The predicted octanol–water partition coefficient (Wildman–Crippen LogP) is 1.98. The Labute approximate surface area is 83.9 Å². The molecule has 1 unspecified atom stereocenters. The molecule has 0 aliphatic rings. The van der Waals surface area contributed by atoms with Gasteiger partial charge in [0.15, 0.2) is 0 Å². The summed E-state index contributed by atoms with van der Waals surface area (Å²) in [5, 5.41) is 0. The summed E-state index contributed by atoms with van der Waals surface area (Å²) in [6.45, 7) is 4.18. The zero-order valence-corrected chi connectivity index (χ0v) is 8.66. The molecule has 3 nitrogen and oxygen atoms in total. The number of aromatic amines is 1. The third-order valence-electron chi connectivity index (χ3n) is 2.02. The molecule has 1 N–H and O–H groups in total. The molecule has 76 valence electrons. The molecule has 0 aromatic carbocycles. The van der Waals surface area contributed by atoms with Crippen LogP contribution in [-0.4, -0.2) is 17.2 Å². The highest BCUT2D eigenvalue weighted by atomic mass is 16.1. The second-order valence-electron chi connectivity index (χ2n) is 3.37. The highest BCUT2D eigenvalue weighted by Gasteiger charge is 1.96. The zero-order chi connectivity index (χ0) is 10.4. The Hall–Kier alpha value is -1.38. The average Bonchev–Trinajstić information content (AvgIpc) is 2.17. The molecule has 1 aromatic heterocycles. The highest BCUT2D eigenvalue weighted by Crippen LogP contribution is 1.99. The molecule has 0 spiro atoms. The van der Waals surface area contributed by atoms with Gasteiger partial charge in [0.2, 0.25) is 0 Å². The fourth-order valence-corrected chi connectivity index (χ4v) is 1.24. The summed E-state index contributed by atoms with van der Waals surface area (Å²) >= 11 is 0. The standard InChI is InChI=1S/C11H16N2O/c1-3-5-9(2)13-8-10-6-4-7-12-11(10)14/h4,6-9H,3,5H2,1-2H3,(H,12,14). The fourth-order valence-electron chi connectivity index (χ4n) is 1.24. The number of aliphatic imine (C=N–C) groups is 1. The molecule has 0 radical (unpaired) electrons. The summed E-state index contributed by atoms with van der Waals surface area (Å²) in [7, 11) is 0. The van der Waals surface area contributed by atoms with Gasteiger partial charge in [-0.15, -0.1) is 0 Å². The first-order valence-corrected chi connectivity index (χ1v) is 4.95. The van der Waals surface area contributed by atoms with Gasteiger partial charge in [-0.2, -0.15) is 0 Å². The molecule has 3 heteroatoms. The monoisotopic (exact) mass is 192 g/mol. The lowest BCUT2D eigenvalue weighted by Gasteiger charge is -2.01. The van der Waals surface area contributed by atoms with Crippen molar-refractivity contribution >= 4 is 6.21 Å². The van der Waals surface area contributed by atoms with Crippen LogP contribution >= 0.6 is 0 Å². The van der Waals surface area contributed by atoms with Gasteiger partial charge in [-0.25, -0.2) is 0 Å². The summed E-state index contributed by atoms with van der Waals surface area (Å²) in [5.41, 5.74) is 0.537. The Morgan fingerprint density at radius 2 is 2.43 bits per heavy atom. The van der Waals surface area contributed by atoms with Gasteiger partial charge in [0.1, 0.15) is 0 Å². The highest BCUT2D eigenvalue weighted by molar-refractivity contribution is 5.78. The van der Waals surface area contributed by atoms with Crippen molar-refractivity contribution in [3.63, 3.8) is 0 Å². The average molecular weight is 192 g/mol. The number of H-pyrrole nitrogens is 1. The Kier molecular flexibility index (Phi) is 4.11. The lowest BCUT2D eigenvalue weighted by molar-refractivity contribution is 0.657. The van der Waals surface area contributed by atoms with Crippen molar-refractivity contribution in [2.45, 2.75) is 32.7 Å². The summed E-state index contributed by atoms with van der Waals surface area (Å²) in [6.07, 6.45) is 5.44. The molecule has 1 atom stereocenters. The third-order valence-corrected chi connectivity index (χ3v) is 2.02. The van der Waals surface area contributed by atoms with Gasteiger partial charge < -0.3 is 4.98 Å². The van der Waals surface area contributed by atoms with Gasteiger partial charge in [0.05, 0.1) is 5.56 Å². The Morgan fingerprint density at radius 3 is 3.07 bits per heavy atom. The van der Waals surface area contributed by atoms with E-state index < -0.39 is 0 Å². The normalized spacial score (nSPS) is 13.3. The third kappa shape index (κ3) is 3.17. The molecule has 1 heterocycles. The van der Waals surface area contributed by atoms with Crippen molar-refractivity contribution in [1.82, 2.24) is 4.98 Å². The summed E-state index contributed by atoms with van der Waals surface area (Å²) in [5.74, 6) is 0. The fraction of sp³-hybridized carbons (Fsp3) is 0.455. The second kappa shape index (κ2) is 5.37. The molecule has 1 rings (SSSR count). The van der Waals surface area contributed by atoms with Crippen LogP contribution in [0.1, 0.15) is 32.3 Å². The number of rotatable bonds is 4. The zero-order valence-electron chi connectivity index (χ0n) is 8.66. The van der Waals surface area contributed by atoms with Crippen LogP contribution < -0.4 is 5.56 Å². The molecule has 1 aromatic rings. The minimum atomic E-state index is -0.0834. The van der Waals surface area contributed by atoms with Crippen LogP contribution in [-0.2, 0) is 0 Å². The molecule has 0 saturated heterocycles. The van der Waals surface area contributed by atoms with Crippen molar-refractivity contribution in [3.8, 4) is 0 Å². The number of pyridine rings is 1. The predicted molar refractivity (Wildman–Crippen MR) is 59.0 cm³/mol. The molecule has 0 saturated carbocycles. The number of nitrogens with zero attached hydrogens (tertiary/aromatic N) is 1. The SMILES string of the molecule is CCCC(C)N=Cc1ccc[nH]c1=O. The van der Waals surface area contributed by atoms with Gasteiger partial charge in [-0.1, -0.05) is 13.3 Å². The van der Waals surface area contributed by atoms with Gasteiger partial charge >= 0.3 is 0 Å². The van der Waals surface area contributed by atoms with Crippen molar-refractivity contribution in [2.24, 2.45) is 4.99 Å². The van der Waals surface area contributed by atoms with Crippen LogP contribution in [0.25, 0.3) is 0 Å². The van der Waals surface area contributed by atoms with E-state index in [-0.39, 0.29) is 5.56 Å². The molecular formula is C11H16N2O. The van der Waals surface area contributed by atoms with E-state index in [2.05, 4.69) is 23.8 Å². The summed E-state index contributed by atoms with van der Waals surface area (Å²) in [6, 6.07) is 3.86.